The number of aliphatic hydroxyl groups excluding tert-OH is 1. The molecule has 18 heavy (non-hydrogen) atoms. The molecule has 0 radical (unpaired) electrons. The smallest absolute Gasteiger partial charge is 0.119 e. The molecule has 0 spiro atoms. The van der Waals surface area contributed by atoms with Crippen molar-refractivity contribution in [3.05, 3.63) is 24.3 Å². The molecule has 0 bridgehead atoms. The molecule has 1 aliphatic carbocycles. The molecule has 2 rings (SSSR count). The van der Waals surface area contributed by atoms with Gasteiger partial charge in [0.05, 0.1) is 18.2 Å². The van der Waals surface area contributed by atoms with E-state index in [0.29, 0.717) is 0 Å². The van der Waals surface area contributed by atoms with E-state index >= 15 is 0 Å². The van der Waals surface area contributed by atoms with Crippen LogP contribution in [0, 0.1) is 0 Å². The summed E-state index contributed by atoms with van der Waals surface area (Å²) in [7, 11) is 0. The first-order chi connectivity index (χ1) is 8.65. The number of aliphatic hydroxyl groups is 1. The number of benzene rings is 1. The highest BCUT2D eigenvalue weighted by molar-refractivity contribution is 5.47. The fourth-order valence-electron chi connectivity index (χ4n) is 2.40. The zero-order valence-corrected chi connectivity index (χ0v) is 11.2. The quantitative estimate of drug-likeness (QED) is 0.861. The number of rotatable bonds is 4. The van der Waals surface area contributed by atoms with Crippen LogP contribution in [0.4, 0.5) is 5.69 Å². The van der Waals surface area contributed by atoms with Crippen molar-refractivity contribution in [2.45, 2.75) is 57.8 Å². The third-order valence-corrected chi connectivity index (χ3v) is 3.31. The Bertz CT molecular complexity index is 361. The third kappa shape index (κ3) is 3.64. The second-order valence-corrected chi connectivity index (χ2v) is 5.29. The van der Waals surface area contributed by atoms with Gasteiger partial charge in [0, 0.05) is 5.69 Å². The van der Waals surface area contributed by atoms with Crippen LogP contribution >= 0.6 is 0 Å². The molecule has 1 saturated carbocycles. The van der Waals surface area contributed by atoms with Gasteiger partial charge in [-0.15, -0.1) is 0 Å². The van der Waals surface area contributed by atoms with Crippen molar-refractivity contribution in [1.82, 2.24) is 0 Å². The van der Waals surface area contributed by atoms with Gasteiger partial charge in [-0.2, -0.15) is 0 Å². The van der Waals surface area contributed by atoms with Crippen LogP contribution in [0.3, 0.4) is 0 Å². The third-order valence-electron chi connectivity index (χ3n) is 3.31. The lowest BCUT2D eigenvalue weighted by atomic mass is 9.92. The summed E-state index contributed by atoms with van der Waals surface area (Å²) in [6.07, 6.45) is 4.27. The van der Waals surface area contributed by atoms with Gasteiger partial charge in [0.25, 0.3) is 0 Å². The van der Waals surface area contributed by atoms with Gasteiger partial charge in [0.15, 0.2) is 0 Å². The predicted molar refractivity (Wildman–Crippen MR) is 74.1 cm³/mol. The predicted octanol–water partition coefficient (Wildman–Crippen LogP) is 3.19. The molecule has 3 nitrogen and oxygen atoms in total. The van der Waals surface area contributed by atoms with Crippen LogP contribution in [-0.2, 0) is 0 Å². The van der Waals surface area contributed by atoms with E-state index in [1.54, 1.807) is 0 Å². The summed E-state index contributed by atoms with van der Waals surface area (Å²) in [5.74, 6) is 0.889. The first-order valence-corrected chi connectivity index (χ1v) is 6.86. The minimum atomic E-state index is -0.217. The van der Waals surface area contributed by atoms with Crippen LogP contribution in [-0.4, -0.2) is 23.4 Å². The van der Waals surface area contributed by atoms with E-state index in [1.807, 2.05) is 38.1 Å². The second-order valence-electron chi connectivity index (χ2n) is 5.29. The molecule has 2 atom stereocenters. The Labute approximate surface area is 109 Å². The van der Waals surface area contributed by atoms with E-state index in [9.17, 15) is 5.11 Å². The van der Waals surface area contributed by atoms with Gasteiger partial charge in [0.1, 0.15) is 5.75 Å². The van der Waals surface area contributed by atoms with Gasteiger partial charge in [0.2, 0.25) is 0 Å². The molecule has 3 heteroatoms. The lowest BCUT2D eigenvalue weighted by Gasteiger charge is -2.29. The van der Waals surface area contributed by atoms with Gasteiger partial charge in [-0.05, 0) is 51.0 Å². The van der Waals surface area contributed by atoms with E-state index < -0.39 is 0 Å². The van der Waals surface area contributed by atoms with Crippen LogP contribution in [0.25, 0.3) is 0 Å². The van der Waals surface area contributed by atoms with Crippen LogP contribution in [0.1, 0.15) is 39.5 Å². The maximum absolute atomic E-state index is 9.92. The number of ether oxygens (including phenoxy) is 1. The Balaban J connectivity index is 1.93. The molecule has 2 N–H and O–H groups in total. The lowest BCUT2D eigenvalue weighted by molar-refractivity contribution is 0.116. The summed E-state index contributed by atoms with van der Waals surface area (Å²) in [6.45, 7) is 4.04. The van der Waals surface area contributed by atoms with E-state index in [1.165, 1.54) is 6.42 Å². The van der Waals surface area contributed by atoms with Crippen molar-refractivity contribution < 1.29 is 9.84 Å². The largest absolute Gasteiger partial charge is 0.491 e. The lowest BCUT2D eigenvalue weighted by Crippen LogP contribution is -2.36. The van der Waals surface area contributed by atoms with E-state index in [0.717, 1.165) is 30.7 Å². The van der Waals surface area contributed by atoms with Gasteiger partial charge < -0.3 is 15.2 Å². The topological polar surface area (TPSA) is 41.5 Å². The summed E-state index contributed by atoms with van der Waals surface area (Å²) in [4.78, 5) is 0. The molecular formula is C15H23NO2. The molecule has 100 valence electrons. The summed E-state index contributed by atoms with van der Waals surface area (Å²) in [5.41, 5.74) is 1.05. The first kappa shape index (κ1) is 13.2. The monoisotopic (exact) mass is 249 g/mol. The van der Waals surface area contributed by atoms with E-state index in [2.05, 4.69) is 5.32 Å². The number of hydrogen-bond acceptors (Lipinski definition) is 3. The maximum atomic E-state index is 9.92. The maximum Gasteiger partial charge on any atom is 0.119 e. The van der Waals surface area contributed by atoms with E-state index in [4.69, 9.17) is 4.74 Å². The molecule has 1 aromatic rings. The van der Waals surface area contributed by atoms with Crippen molar-refractivity contribution in [3.8, 4) is 5.75 Å². The van der Waals surface area contributed by atoms with E-state index in [-0.39, 0.29) is 18.2 Å². The van der Waals surface area contributed by atoms with Crippen molar-refractivity contribution >= 4 is 5.69 Å². The molecule has 1 aromatic carbocycles. The van der Waals surface area contributed by atoms with Crippen molar-refractivity contribution in [2.24, 2.45) is 0 Å². The van der Waals surface area contributed by atoms with Crippen LogP contribution < -0.4 is 10.1 Å². The molecule has 0 heterocycles. The number of anilines is 1. The minimum Gasteiger partial charge on any atom is -0.491 e. The Hall–Kier alpha value is -1.22. The molecule has 0 unspecified atom stereocenters. The highest BCUT2D eigenvalue weighted by atomic mass is 16.5. The molecule has 0 amide bonds. The van der Waals surface area contributed by atoms with Gasteiger partial charge >= 0.3 is 0 Å². The SMILES string of the molecule is CC(C)Oc1ccc(N[C@H]2CCCC[C@@H]2O)cc1. The molecule has 0 saturated heterocycles. The fraction of sp³-hybridized carbons (Fsp3) is 0.600. The van der Waals surface area contributed by atoms with Crippen LogP contribution in [0.15, 0.2) is 24.3 Å². The normalized spacial score (nSPS) is 24.0. The highest BCUT2D eigenvalue weighted by Gasteiger charge is 2.22. The molecular weight excluding hydrogens is 226 g/mol. The zero-order chi connectivity index (χ0) is 13.0. The van der Waals surface area contributed by atoms with Gasteiger partial charge in [-0.3, -0.25) is 0 Å². The molecule has 0 aromatic heterocycles. The molecule has 1 fully saturated rings. The van der Waals surface area contributed by atoms with Crippen LogP contribution in [0.5, 0.6) is 5.75 Å². The summed E-state index contributed by atoms with van der Waals surface area (Å²) >= 11 is 0. The molecule has 0 aliphatic heterocycles. The molecule has 1 aliphatic rings. The van der Waals surface area contributed by atoms with Gasteiger partial charge in [-0.25, -0.2) is 0 Å². The Morgan fingerprint density at radius 2 is 1.83 bits per heavy atom. The van der Waals surface area contributed by atoms with Crippen molar-refractivity contribution in [3.63, 3.8) is 0 Å². The zero-order valence-electron chi connectivity index (χ0n) is 11.2. The number of hydrogen-bond donors (Lipinski definition) is 2. The number of nitrogens with one attached hydrogen (secondary N) is 1. The van der Waals surface area contributed by atoms with Crippen molar-refractivity contribution in [2.75, 3.05) is 5.32 Å². The average Bonchev–Trinajstić information content (AvgIpc) is 2.34. The van der Waals surface area contributed by atoms with Crippen LogP contribution in [0.2, 0.25) is 0 Å². The first-order valence-electron chi connectivity index (χ1n) is 6.86. The summed E-state index contributed by atoms with van der Waals surface area (Å²) in [6, 6.07) is 8.16. The Morgan fingerprint density at radius 3 is 2.44 bits per heavy atom. The second kappa shape index (κ2) is 6.10. The summed E-state index contributed by atoms with van der Waals surface area (Å²) < 4.78 is 5.60. The highest BCUT2D eigenvalue weighted by Crippen LogP contribution is 2.23. The Morgan fingerprint density at radius 1 is 1.17 bits per heavy atom. The van der Waals surface area contributed by atoms with Crippen molar-refractivity contribution in [1.29, 1.82) is 0 Å². The minimum absolute atomic E-state index is 0.190. The Kier molecular flexibility index (Phi) is 4.48. The standard InChI is InChI=1S/C15H23NO2/c1-11(2)18-13-9-7-12(8-10-13)16-14-5-3-4-6-15(14)17/h7-11,14-17H,3-6H2,1-2H3/t14-,15-/m0/s1. The average molecular weight is 249 g/mol. The fourth-order valence-corrected chi connectivity index (χ4v) is 2.40. The summed E-state index contributed by atoms with van der Waals surface area (Å²) in [5, 5.41) is 13.3. The van der Waals surface area contributed by atoms with Gasteiger partial charge in [-0.1, -0.05) is 12.8 Å².